The number of hydrogen-bond donors (Lipinski definition) is 2. The standard InChI is InChI=1S/C22H14ClN3O4S/c23-13-6-7-16-14(10-13)17(26-20(27)19-15(8-9-31-19)24-22(26)30)18(21(28)29)25(16)11-12-4-2-1-3-5-12/h1-10H,11H2,(H,24,30)(H,28,29). The lowest BCUT2D eigenvalue weighted by Crippen LogP contribution is -2.34. The van der Waals surface area contributed by atoms with Gasteiger partial charge in [-0.05, 0) is 35.2 Å². The van der Waals surface area contributed by atoms with Gasteiger partial charge in [0.05, 0.1) is 16.7 Å². The predicted molar refractivity (Wildman–Crippen MR) is 121 cm³/mol. The largest absolute Gasteiger partial charge is 0.477 e. The van der Waals surface area contributed by atoms with Crippen LogP contribution in [-0.2, 0) is 6.54 Å². The maximum absolute atomic E-state index is 13.2. The van der Waals surface area contributed by atoms with Crippen LogP contribution in [0.15, 0.2) is 69.6 Å². The number of nitrogens with one attached hydrogen (secondary N) is 1. The van der Waals surface area contributed by atoms with Gasteiger partial charge in [-0.15, -0.1) is 11.3 Å². The second kappa shape index (κ2) is 7.26. The fourth-order valence-electron chi connectivity index (χ4n) is 3.82. The Balaban J connectivity index is 1.93. The molecule has 3 heterocycles. The van der Waals surface area contributed by atoms with Gasteiger partial charge in [-0.1, -0.05) is 41.9 Å². The lowest BCUT2D eigenvalue weighted by atomic mass is 10.2. The van der Waals surface area contributed by atoms with E-state index in [9.17, 15) is 19.5 Å². The molecule has 2 N–H and O–H groups in total. The van der Waals surface area contributed by atoms with Gasteiger partial charge in [-0.25, -0.2) is 14.2 Å². The molecule has 2 aromatic carbocycles. The zero-order valence-corrected chi connectivity index (χ0v) is 17.4. The van der Waals surface area contributed by atoms with E-state index in [-0.39, 0.29) is 17.9 Å². The van der Waals surface area contributed by atoms with Crippen molar-refractivity contribution in [2.45, 2.75) is 6.54 Å². The van der Waals surface area contributed by atoms with Gasteiger partial charge in [0.1, 0.15) is 4.70 Å². The van der Waals surface area contributed by atoms with Crippen molar-refractivity contribution in [2.75, 3.05) is 0 Å². The van der Waals surface area contributed by atoms with Gasteiger partial charge in [0.25, 0.3) is 5.56 Å². The molecule has 0 atom stereocenters. The summed E-state index contributed by atoms with van der Waals surface area (Å²) in [4.78, 5) is 41.2. The number of H-pyrrole nitrogens is 1. The first kappa shape index (κ1) is 19.3. The van der Waals surface area contributed by atoms with E-state index in [0.717, 1.165) is 10.1 Å². The molecule has 0 radical (unpaired) electrons. The first-order chi connectivity index (χ1) is 15.0. The first-order valence-electron chi connectivity index (χ1n) is 9.27. The molecule has 0 saturated carbocycles. The van der Waals surface area contributed by atoms with E-state index >= 15 is 0 Å². The van der Waals surface area contributed by atoms with Gasteiger partial charge in [0.2, 0.25) is 0 Å². The van der Waals surface area contributed by atoms with Crippen molar-refractivity contribution in [3.8, 4) is 5.69 Å². The maximum atomic E-state index is 13.2. The molecule has 0 bridgehead atoms. The quantitative estimate of drug-likeness (QED) is 0.430. The fraction of sp³-hybridized carbons (Fsp3) is 0.0455. The number of carboxylic acid groups (broad SMARTS) is 1. The van der Waals surface area contributed by atoms with Gasteiger partial charge in [-0.3, -0.25) is 4.79 Å². The second-order valence-electron chi connectivity index (χ2n) is 6.97. The summed E-state index contributed by atoms with van der Waals surface area (Å²) >= 11 is 7.39. The zero-order chi connectivity index (χ0) is 21.7. The Kier molecular flexibility index (Phi) is 4.53. The average molecular weight is 452 g/mol. The van der Waals surface area contributed by atoms with Crippen LogP contribution in [0.2, 0.25) is 5.02 Å². The summed E-state index contributed by atoms with van der Waals surface area (Å²) < 4.78 is 2.81. The Labute approximate surface area is 183 Å². The molecule has 31 heavy (non-hydrogen) atoms. The number of carboxylic acids is 1. The highest BCUT2D eigenvalue weighted by Crippen LogP contribution is 2.32. The van der Waals surface area contributed by atoms with E-state index in [4.69, 9.17) is 11.6 Å². The molecule has 154 valence electrons. The molecule has 0 amide bonds. The Bertz CT molecular complexity index is 1590. The lowest BCUT2D eigenvalue weighted by Gasteiger charge is -2.10. The number of fused-ring (bicyclic) bond motifs is 2. The van der Waals surface area contributed by atoms with E-state index < -0.39 is 17.2 Å². The molecule has 0 spiro atoms. The number of hydrogen-bond acceptors (Lipinski definition) is 4. The van der Waals surface area contributed by atoms with Crippen LogP contribution in [0.1, 0.15) is 16.1 Å². The normalized spacial score (nSPS) is 11.4. The number of aromatic nitrogens is 3. The summed E-state index contributed by atoms with van der Waals surface area (Å²) in [5.41, 5.74) is 0.398. The molecule has 0 aliphatic rings. The molecule has 3 aromatic heterocycles. The minimum absolute atomic E-state index is 0.00230. The highest BCUT2D eigenvalue weighted by molar-refractivity contribution is 7.17. The molecule has 0 fully saturated rings. The van der Waals surface area contributed by atoms with Crippen LogP contribution in [0, 0.1) is 0 Å². The molecule has 7 nitrogen and oxygen atoms in total. The summed E-state index contributed by atoms with van der Waals surface area (Å²) in [7, 11) is 0. The second-order valence-corrected chi connectivity index (χ2v) is 8.32. The van der Waals surface area contributed by atoms with Gasteiger partial charge in [-0.2, -0.15) is 0 Å². The minimum atomic E-state index is -1.25. The van der Waals surface area contributed by atoms with Crippen LogP contribution in [0.5, 0.6) is 0 Å². The number of halogens is 1. The Morgan fingerprint density at radius 2 is 1.87 bits per heavy atom. The number of aromatic amines is 1. The van der Waals surface area contributed by atoms with Crippen molar-refractivity contribution in [1.29, 1.82) is 0 Å². The Hall–Kier alpha value is -3.62. The number of rotatable bonds is 4. The van der Waals surface area contributed by atoms with E-state index in [1.807, 2.05) is 30.3 Å². The van der Waals surface area contributed by atoms with Crippen molar-refractivity contribution in [3.05, 3.63) is 97.1 Å². The summed E-state index contributed by atoms with van der Waals surface area (Å²) in [5.74, 6) is -1.25. The summed E-state index contributed by atoms with van der Waals surface area (Å²) in [6, 6.07) is 15.9. The lowest BCUT2D eigenvalue weighted by molar-refractivity contribution is 0.0686. The van der Waals surface area contributed by atoms with Crippen molar-refractivity contribution >= 4 is 50.0 Å². The number of aromatic carboxylic acids is 1. The molecule has 9 heteroatoms. The van der Waals surface area contributed by atoms with E-state index in [1.54, 1.807) is 34.2 Å². The van der Waals surface area contributed by atoms with Crippen LogP contribution in [-0.4, -0.2) is 25.2 Å². The topological polar surface area (TPSA) is 97.1 Å². The Morgan fingerprint density at radius 3 is 2.61 bits per heavy atom. The van der Waals surface area contributed by atoms with E-state index in [1.165, 1.54) is 11.3 Å². The van der Waals surface area contributed by atoms with E-state index in [2.05, 4.69) is 4.98 Å². The van der Waals surface area contributed by atoms with Crippen molar-refractivity contribution in [3.63, 3.8) is 0 Å². The first-order valence-corrected chi connectivity index (χ1v) is 10.5. The van der Waals surface area contributed by atoms with Crippen LogP contribution >= 0.6 is 22.9 Å². The number of nitrogens with zero attached hydrogens (tertiary/aromatic N) is 2. The number of thiophene rings is 1. The van der Waals surface area contributed by atoms with Crippen molar-refractivity contribution in [1.82, 2.24) is 14.1 Å². The predicted octanol–water partition coefficient (Wildman–Crippen LogP) is 4.10. The summed E-state index contributed by atoms with van der Waals surface area (Å²) in [6.45, 7) is 0.245. The van der Waals surface area contributed by atoms with Crippen LogP contribution in [0.25, 0.3) is 26.8 Å². The van der Waals surface area contributed by atoms with E-state index in [0.29, 0.717) is 26.1 Å². The third kappa shape index (κ3) is 3.08. The van der Waals surface area contributed by atoms with Crippen molar-refractivity contribution < 1.29 is 9.90 Å². The minimum Gasteiger partial charge on any atom is -0.477 e. The maximum Gasteiger partial charge on any atom is 0.354 e. The fourth-order valence-corrected chi connectivity index (χ4v) is 4.77. The highest BCUT2D eigenvalue weighted by Gasteiger charge is 2.27. The zero-order valence-electron chi connectivity index (χ0n) is 15.8. The highest BCUT2D eigenvalue weighted by atomic mass is 35.5. The van der Waals surface area contributed by atoms with Gasteiger partial charge >= 0.3 is 11.7 Å². The summed E-state index contributed by atoms with van der Waals surface area (Å²) in [5, 5.41) is 12.6. The smallest absolute Gasteiger partial charge is 0.354 e. The molecule has 0 saturated heterocycles. The van der Waals surface area contributed by atoms with Gasteiger partial charge < -0.3 is 14.7 Å². The molecule has 5 aromatic rings. The number of benzene rings is 2. The molecular weight excluding hydrogens is 438 g/mol. The average Bonchev–Trinajstić information content (AvgIpc) is 3.32. The van der Waals surface area contributed by atoms with Crippen LogP contribution in [0.3, 0.4) is 0 Å². The monoisotopic (exact) mass is 451 g/mol. The molecule has 5 rings (SSSR count). The third-order valence-electron chi connectivity index (χ3n) is 5.12. The molecule has 0 unspecified atom stereocenters. The third-order valence-corrected chi connectivity index (χ3v) is 6.25. The molecule has 0 aliphatic heterocycles. The van der Waals surface area contributed by atoms with Gasteiger partial charge in [0.15, 0.2) is 5.69 Å². The van der Waals surface area contributed by atoms with Crippen LogP contribution < -0.4 is 11.2 Å². The SMILES string of the molecule is O=C(O)c1c(-n2c(=O)[nH]c3ccsc3c2=O)c2cc(Cl)ccc2n1Cc1ccccc1. The summed E-state index contributed by atoms with van der Waals surface area (Å²) in [6.07, 6.45) is 0. The number of carbonyl (C=O) groups is 1. The molecular formula is C22H14ClN3O4S. The molecule has 0 aliphatic carbocycles. The van der Waals surface area contributed by atoms with Crippen LogP contribution in [0.4, 0.5) is 0 Å². The van der Waals surface area contributed by atoms with Gasteiger partial charge in [0, 0.05) is 17.0 Å². The Morgan fingerprint density at radius 1 is 1.10 bits per heavy atom. The van der Waals surface area contributed by atoms with Crippen molar-refractivity contribution in [2.24, 2.45) is 0 Å².